The normalized spacial score (nSPS) is 10.5. The summed E-state index contributed by atoms with van der Waals surface area (Å²) in [5, 5.41) is 12.1. The lowest BCUT2D eigenvalue weighted by Crippen LogP contribution is -2.11. The van der Waals surface area contributed by atoms with Crippen LogP contribution in [-0.2, 0) is 6.54 Å². The quantitative estimate of drug-likeness (QED) is 0.700. The minimum absolute atomic E-state index is 0.332. The molecule has 2 aromatic carbocycles. The molecule has 0 saturated carbocycles. The predicted octanol–water partition coefficient (Wildman–Crippen LogP) is 2.57. The van der Waals surface area contributed by atoms with Crippen LogP contribution in [0, 0.1) is 5.82 Å². The summed E-state index contributed by atoms with van der Waals surface area (Å²) in [6.45, 7) is 0.833. The fourth-order valence-corrected chi connectivity index (χ4v) is 2.00. The molecule has 0 aliphatic heterocycles. The Kier molecular flexibility index (Phi) is 4.46. The van der Waals surface area contributed by atoms with Gasteiger partial charge in [0, 0.05) is 5.56 Å². The first-order valence-corrected chi connectivity index (χ1v) is 7.05. The first-order valence-electron chi connectivity index (χ1n) is 7.05. The van der Waals surface area contributed by atoms with Gasteiger partial charge in [0.2, 0.25) is 5.82 Å². The second kappa shape index (κ2) is 6.87. The van der Waals surface area contributed by atoms with Gasteiger partial charge in [0.25, 0.3) is 0 Å². The van der Waals surface area contributed by atoms with E-state index in [9.17, 15) is 4.39 Å². The van der Waals surface area contributed by atoms with Crippen molar-refractivity contribution in [1.29, 1.82) is 0 Å². The van der Waals surface area contributed by atoms with Crippen LogP contribution in [0.3, 0.4) is 0 Å². The lowest BCUT2D eigenvalue weighted by atomic mass is 10.2. The van der Waals surface area contributed by atoms with Gasteiger partial charge in [0.1, 0.15) is 23.9 Å². The first kappa shape index (κ1) is 15.0. The molecular weight excluding hydrogens is 299 g/mol. The van der Waals surface area contributed by atoms with Crippen molar-refractivity contribution in [3.05, 3.63) is 54.3 Å². The van der Waals surface area contributed by atoms with Gasteiger partial charge in [-0.25, -0.2) is 4.39 Å². The average molecular weight is 314 g/mol. The van der Waals surface area contributed by atoms with Crippen molar-refractivity contribution >= 4 is 0 Å². The van der Waals surface area contributed by atoms with Crippen LogP contribution < -0.4 is 9.47 Å². The largest absolute Gasteiger partial charge is 0.497 e. The Balaban J connectivity index is 1.56. The van der Waals surface area contributed by atoms with E-state index in [1.165, 1.54) is 16.9 Å². The molecule has 0 amide bonds. The fraction of sp³-hybridized carbons (Fsp3) is 0.188. The SMILES string of the molecule is COc1ccc(OCCn2nnc(-c3cccc(F)c3)n2)cc1. The summed E-state index contributed by atoms with van der Waals surface area (Å²) in [5.41, 5.74) is 0.590. The standard InChI is InChI=1S/C16H15FN4O2/c1-22-14-5-7-15(8-6-14)23-10-9-21-19-16(18-20-21)12-3-2-4-13(17)11-12/h2-8,11H,9-10H2,1H3. The van der Waals surface area contributed by atoms with Crippen LogP contribution >= 0.6 is 0 Å². The van der Waals surface area contributed by atoms with Gasteiger partial charge >= 0.3 is 0 Å². The lowest BCUT2D eigenvalue weighted by Gasteiger charge is -2.06. The van der Waals surface area contributed by atoms with Crippen LogP contribution in [0.2, 0.25) is 0 Å². The molecule has 3 aromatic rings. The number of halogens is 1. The Morgan fingerprint density at radius 1 is 1.09 bits per heavy atom. The summed E-state index contributed by atoms with van der Waals surface area (Å²) in [6.07, 6.45) is 0. The molecule has 0 spiro atoms. The van der Waals surface area contributed by atoms with Gasteiger partial charge in [-0.1, -0.05) is 12.1 Å². The van der Waals surface area contributed by atoms with Crippen LogP contribution in [0.1, 0.15) is 0 Å². The van der Waals surface area contributed by atoms with E-state index in [1.807, 2.05) is 24.3 Å². The van der Waals surface area contributed by atoms with E-state index in [0.717, 1.165) is 11.5 Å². The maximum atomic E-state index is 13.2. The molecule has 23 heavy (non-hydrogen) atoms. The van der Waals surface area contributed by atoms with E-state index < -0.39 is 0 Å². The topological polar surface area (TPSA) is 62.1 Å². The van der Waals surface area contributed by atoms with Gasteiger partial charge in [-0.2, -0.15) is 4.80 Å². The van der Waals surface area contributed by atoms with Crippen LogP contribution in [-0.4, -0.2) is 33.9 Å². The zero-order chi connectivity index (χ0) is 16.1. The van der Waals surface area contributed by atoms with Gasteiger partial charge in [-0.15, -0.1) is 10.2 Å². The van der Waals surface area contributed by atoms with Gasteiger partial charge in [-0.3, -0.25) is 0 Å². The maximum absolute atomic E-state index is 13.2. The molecule has 118 valence electrons. The Morgan fingerprint density at radius 2 is 1.87 bits per heavy atom. The number of ether oxygens (including phenoxy) is 2. The van der Waals surface area contributed by atoms with Crippen LogP contribution in [0.4, 0.5) is 4.39 Å². The number of hydrogen-bond donors (Lipinski definition) is 0. The van der Waals surface area contributed by atoms with Crippen molar-refractivity contribution in [3.8, 4) is 22.9 Å². The molecule has 0 radical (unpaired) electrons. The molecule has 0 saturated heterocycles. The summed E-state index contributed by atoms with van der Waals surface area (Å²) in [4.78, 5) is 1.42. The number of tetrazole rings is 1. The molecule has 0 atom stereocenters. The zero-order valence-corrected chi connectivity index (χ0v) is 12.5. The molecule has 0 aliphatic rings. The van der Waals surface area contributed by atoms with Crippen molar-refractivity contribution in [3.63, 3.8) is 0 Å². The molecule has 6 nitrogen and oxygen atoms in total. The van der Waals surface area contributed by atoms with E-state index in [1.54, 1.807) is 19.2 Å². The van der Waals surface area contributed by atoms with Crippen molar-refractivity contribution < 1.29 is 13.9 Å². The van der Waals surface area contributed by atoms with Crippen LogP contribution in [0.5, 0.6) is 11.5 Å². The van der Waals surface area contributed by atoms with E-state index in [4.69, 9.17) is 9.47 Å². The van der Waals surface area contributed by atoms with Crippen LogP contribution in [0.25, 0.3) is 11.4 Å². The summed E-state index contributed by atoms with van der Waals surface area (Å²) < 4.78 is 23.9. The van der Waals surface area contributed by atoms with E-state index >= 15 is 0 Å². The highest BCUT2D eigenvalue weighted by Crippen LogP contribution is 2.17. The smallest absolute Gasteiger partial charge is 0.205 e. The van der Waals surface area contributed by atoms with Crippen molar-refractivity contribution in [2.45, 2.75) is 6.54 Å². The number of methoxy groups -OCH3 is 1. The Hall–Kier alpha value is -2.96. The zero-order valence-electron chi connectivity index (χ0n) is 12.5. The average Bonchev–Trinajstić information content (AvgIpc) is 3.04. The Bertz CT molecular complexity index is 774. The van der Waals surface area contributed by atoms with Gasteiger partial charge in [0.15, 0.2) is 0 Å². The lowest BCUT2D eigenvalue weighted by molar-refractivity contribution is 0.280. The molecule has 1 aromatic heterocycles. The van der Waals surface area contributed by atoms with Crippen LogP contribution in [0.15, 0.2) is 48.5 Å². The number of aromatic nitrogens is 4. The third-order valence-electron chi connectivity index (χ3n) is 3.16. The maximum Gasteiger partial charge on any atom is 0.205 e. The van der Waals surface area contributed by atoms with Gasteiger partial charge in [-0.05, 0) is 41.6 Å². The fourth-order valence-electron chi connectivity index (χ4n) is 2.00. The van der Waals surface area contributed by atoms with E-state index in [0.29, 0.717) is 24.5 Å². The number of benzene rings is 2. The number of rotatable bonds is 6. The number of nitrogens with zero attached hydrogens (tertiary/aromatic N) is 4. The highest BCUT2D eigenvalue weighted by Gasteiger charge is 2.06. The monoisotopic (exact) mass is 314 g/mol. The van der Waals surface area contributed by atoms with Crippen molar-refractivity contribution in [2.24, 2.45) is 0 Å². The highest BCUT2D eigenvalue weighted by molar-refractivity contribution is 5.53. The molecule has 1 heterocycles. The number of hydrogen-bond acceptors (Lipinski definition) is 5. The molecule has 7 heteroatoms. The Morgan fingerprint density at radius 3 is 2.61 bits per heavy atom. The van der Waals surface area contributed by atoms with Crippen molar-refractivity contribution in [1.82, 2.24) is 20.2 Å². The summed E-state index contributed by atoms with van der Waals surface area (Å²) >= 11 is 0. The Labute approximate surface area is 132 Å². The molecule has 0 unspecified atom stereocenters. The second-order valence-corrected chi connectivity index (χ2v) is 4.74. The first-order chi connectivity index (χ1) is 11.2. The minimum Gasteiger partial charge on any atom is -0.497 e. The molecule has 0 aliphatic carbocycles. The third-order valence-corrected chi connectivity index (χ3v) is 3.16. The molecule has 0 fully saturated rings. The second-order valence-electron chi connectivity index (χ2n) is 4.74. The minimum atomic E-state index is -0.332. The van der Waals surface area contributed by atoms with Crippen molar-refractivity contribution in [2.75, 3.05) is 13.7 Å². The summed E-state index contributed by atoms with van der Waals surface area (Å²) in [6, 6.07) is 13.4. The third kappa shape index (κ3) is 3.82. The van der Waals surface area contributed by atoms with Gasteiger partial charge in [0.05, 0.1) is 13.7 Å². The molecule has 3 rings (SSSR count). The summed E-state index contributed by atoms with van der Waals surface area (Å²) in [7, 11) is 1.61. The van der Waals surface area contributed by atoms with Gasteiger partial charge < -0.3 is 9.47 Å². The van der Waals surface area contributed by atoms with E-state index in [2.05, 4.69) is 15.4 Å². The summed E-state index contributed by atoms with van der Waals surface area (Å²) in [5.74, 6) is 1.56. The molecular formula is C16H15FN4O2. The molecule has 0 N–H and O–H groups in total. The van der Waals surface area contributed by atoms with E-state index in [-0.39, 0.29) is 5.82 Å². The highest BCUT2D eigenvalue weighted by atomic mass is 19.1. The predicted molar refractivity (Wildman–Crippen MR) is 81.7 cm³/mol. The molecule has 0 bridgehead atoms.